The summed E-state index contributed by atoms with van der Waals surface area (Å²) in [5.41, 5.74) is 2.83. The molecular formula is C25H26N2O3S. The van der Waals surface area contributed by atoms with Crippen LogP contribution in [0.2, 0.25) is 0 Å². The number of hydrogen-bond acceptors (Lipinski definition) is 4. The summed E-state index contributed by atoms with van der Waals surface area (Å²) in [6, 6.07) is 25.2. The Morgan fingerprint density at radius 3 is 2.35 bits per heavy atom. The molecule has 2 N–H and O–H groups in total. The van der Waals surface area contributed by atoms with Crippen LogP contribution in [0.15, 0.2) is 83.8 Å². The second kappa shape index (κ2) is 11.2. The second-order valence-corrected chi connectivity index (χ2v) is 8.52. The highest BCUT2D eigenvalue weighted by Gasteiger charge is 2.14. The van der Waals surface area contributed by atoms with E-state index in [2.05, 4.69) is 10.6 Å². The molecule has 0 fully saturated rings. The van der Waals surface area contributed by atoms with Crippen molar-refractivity contribution in [3.8, 4) is 5.75 Å². The summed E-state index contributed by atoms with van der Waals surface area (Å²) in [6.07, 6.45) is 0. The number of anilines is 1. The van der Waals surface area contributed by atoms with E-state index in [0.29, 0.717) is 13.2 Å². The minimum atomic E-state index is -0.246. The molecule has 0 aliphatic carbocycles. The van der Waals surface area contributed by atoms with Gasteiger partial charge in [-0.1, -0.05) is 42.5 Å². The normalized spacial score (nSPS) is 11.4. The van der Waals surface area contributed by atoms with Gasteiger partial charge < -0.3 is 15.4 Å². The van der Waals surface area contributed by atoms with Gasteiger partial charge in [0.25, 0.3) is 0 Å². The van der Waals surface area contributed by atoms with Crippen molar-refractivity contribution in [2.45, 2.75) is 37.1 Å². The topological polar surface area (TPSA) is 67.4 Å². The minimum absolute atomic E-state index is 0.0356. The van der Waals surface area contributed by atoms with Gasteiger partial charge in [0, 0.05) is 24.1 Å². The zero-order valence-electron chi connectivity index (χ0n) is 17.6. The van der Waals surface area contributed by atoms with Gasteiger partial charge in [0.15, 0.2) is 0 Å². The largest absolute Gasteiger partial charge is 0.489 e. The number of hydrogen-bond donors (Lipinski definition) is 2. The molecule has 6 heteroatoms. The molecule has 0 aliphatic heterocycles. The van der Waals surface area contributed by atoms with Crippen molar-refractivity contribution in [3.05, 3.63) is 90.0 Å². The molecule has 3 rings (SSSR count). The summed E-state index contributed by atoms with van der Waals surface area (Å²) in [7, 11) is 0. The molecule has 5 nitrogen and oxygen atoms in total. The molecule has 1 atom stereocenters. The summed E-state index contributed by atoms with van der Waals surface area (Å²) in [6.45, 7) is 4.29. The van der Waals surface area contributed by atoms with Gasteiger partial charge in [-0.05, 0) is 54.4 Å². The van der Waals surface area contributed by atoms with Crippen LogP contribution in [0, 0.1) is 0 Å². The highest BCUT2D eigenvalue weighted by atomic mass is 32.2. The van der Waals surface area contributed by atoms with Gasteiger partial charge in [0.1, 0.15) is 12.4 Å². The second-order valence-electron chi connectivity index (χ2n) is 7.11. The van der Waals surface area contributed by atoms with Gasteiger partial charge in [-0.15, -0.1) is 11.8 Å². The van der Waals surface area contributed by atoms with Gasteiger partial charge in [-0.25, -0.2) is 0 Å². The average molecular weight is 435 g/mol. The number of carbonyl (C=O) groups excluding carboxylic acids is 2. The maximum absolute atomic E-state index is 12.5. The standard InChI is InChI=1S/C25H26N2O3S/c1-18(31-24-13-11-22(12-14-24)27-19(2)28)25(29)26-16-21-9-6-10-23(15-21)30-17-20-7-4-3-5-8-20/h3-15,18H,16-17H2,1-2H3,(H,26,29)(H,27,28). The van der Waals surface area contributed by atoms with Gasteiger partial charge in [-0.3, -0.25) is 9.59 Å². The predicted octanol–water partition coefficient (Wildman–Crippen LogP) is 5.02. The molecule has 0 heterocycles. The Morgan fingerprint density at radius 2 is 1.65 bits per heavy atom. The number of amides is 2. The maximum atomic E-state index is 12.5. The van der Waals surface area contributed by atoms with Crippen LogP contribution in [-0.4, -0.2) is 17.1 Å². The van der Waals surface area contributed by atoms with Crippen LogP contribution in [0.3, 0.4) is 0 Å². The molecule has 0 saturated heterocycles. The fourth-order valence-corrected chi connectivity index (χ4v) is 3.79. The minimum Gasteiger partial charge on any atom is -0.489 e. The van der Waals surface area contributed by atoms with Gasteiger partial charge in [0.05, 0.1) is 5.25 Å². The Bertz CT molecular complexity index is 1010. The molecule has 0 spiro atoms. The predicted molar refractivity (Wildman–Crippen MR) is 125 cm³/mol. The molecule has 0 saturated carbocycles. The van der Waals surface area contributed by atoms with Crippen LogP contribution in [-0.2, 0) is 22.7 Å². The van der Waals surface area contributed by atoms with E-state index in [4.69, 9.17) is 4.74 Å². The van der Waals surface area contributed by atoms with Crippen molar-refractivity contribution in [2.24, 2.45) is 0 Å². The molecule has 1 unspecified atom stereocenters. The van der Waals surface area contributed by atoms with Crippen LogP contribution in [0.1, 0.15) is 25.0 Å². The smallest absolute Gasteiger partial charge is 0.233 e. The maximum Gasteiger partial charge on any atom is 0.233 e. The van der Waals surface area contributed by atoms with Crippen molar-refractivity contribution in [1.29, 1.82) is 0 Å². The van der Waals surface area contributed by atoms with Crippen LogP contribution in [0.25, 0.3) is 0 Å². The van der Waals surface area contributed by atoms with Crippen molar-refractivity contribution in [2.75, 3.05) is 5.32 Å². The molecule has 0 aromatic heterocycles. The Kier molecular flexibility index (Phi) is 8.12. The molecule has 3 aromatic rings. The van der Waals surface area contributed by atoms with Crippen molar-refractivity contribution >= 4 is 29.3 Å². The lowest BCUT2D eigenvalue weighted by molar-refractivity contribution is -0.120. The molecular weight excluding hydrogens is 408 g/mol. The Hall–Kier alpha value is -3.25. The number of nitrogens with one attached hydrogen (secondary N) is 2. The first kappa shape index (κ1) is 22.4. The molecule has 0 bridgehead atoms. The summed E-state index contributed by atoms with van der Waals surface area (Å²) < 4.78 is 5.86. The Morgan fingerprint density at radius 1 is 0.935 bits per heavy atom. The highest BCUT2D eigenvalue weighted by molar-refractivity contribution is 8.00. The summed E-state index contributed by atoms with van der Waals surface area (Å²) in [4.78, 5) is 24.6. The third-order valence-electron chi connectivity index (χ3n) is 4.47. The van der Waals surface area contributed by atoms with E-state index in [1.54, 1.807) is 0 Å². The van der Waals surface area contributed by atoms with E-state index in [0.717, 1.165) is 27.5 Å². The van der Waals surface area contributed by atoms with Crippen molar-refractivity contribution in [1.82, 2.24) is 5.32 Å². The van der Waals surface area contributed by atoms with Crippen LogP contribution < -0.4 is 15.4 Å². The van der Waals surface area contributed by atoms with Crippen molar-refractivity contribution < 1.29 is 14.3 Å². The number of rotatable bonds is 9. The van der Waals surface area contributed by atoms with Crippen molar-refractivity contribution in [3.63, 3.8) is 0 Å². The summed E-state index contributed by atoms with van der Waals surface area (Å²) in [5, 5.41) is 5.47. The Labute approximate surface area is 187 Å². The first-order valence-corrected chi connectivity index (χ1v) is 11.0. The Balaban J connectivity index is 1.47. The van der Waals surface area contributed by atoms with Gasteiger partial charge in [-0.2, -0.15) is 0 Å². The molecule has 31 heavy (non-hydrogen) atoms. The molecule has 3 aromatic carbocycles. The van der Waals surface area contributed by atoms with Crippen LogP contribution in [0.4, 0.5) is 5.69 Å². The molecule has 160 valence electrons. The lowest BCUT2D eigenvalue weighted by Gasteiger charge is -2.13. The number of thioether (sulfide) groups is 1. The fraction of sp³-hybridized carbons (Fsp3) is 0.200. The fourth-order valence-electron chi connectivity index (χ4n) is 2.90. The summed E-state index contributed by atoms with van der Waals surface area (Å²) >= 11 is 1.47. The van der Waals surface area contributed by atoms with E-state index in [1.165, 1.54) is 18.7 Å². The highest BCUT2D eigenvalue weighted by Crippen LogP contribution is 2.25. The zero-order valence-corrected chi connectivity index (χ0v) is 18.4. The third kappa shape index (κ3) is 7.50. The zero-order chi connectivity index (χ0) is 22.1. The molecule has 2 amide bonds. The third-order valence-corrected chi connectivity index (χ3v) is 5.58. The first-order valence-electron chi connectivity index (χ1n) is 10.1. The number of ether oxygens (including phenoxy) is 1. The molecule has 0 radical (unpaired) electrons. The number of carbonyl (C=O) groups is 2. The average Bonchev–Trinajstić information content (AvgIpc) is 2.78. The van der Waals surface area contributed by atoms with E-state index in [1.807, 2.05) is 85.8 Å². The summed E-state index contributed by atoms with van der Waals surface area (Å²) in [5.74, 6) is 0.631. The lowest BCUT2D eigenvalue weighted by atomic mass is 10.2. The van der Waals surface area contributed by atoms with Gasteiger partial charge in [0.2, 0.25) is 11.8 Å². The van der Waals surface area contributed by atoms with E-state index >= 15 is 0 Å². The van der Waals surface area contributed by atoms with Crippen LogP contribution in [0.5, 0.6) is 5.75 Å². The quantitative estimate of drug-likeness (QED) is 0.464. The van der Waals surface area contributed by atoms with E-state index < -0.39 is 0 Å². The van der Waals surface area contributed by atoms with Gasteiger partial charge >= 0.3 is 0 Å². The van der Waals surface area contributed by atoms with Crippen LogP contribution >= 0.6 is 11.8 Å². The van der Waals surface area contributed by atoms with E-state index in [9.17, 15) is 9.59 Å². The van der Waals surface area contributed by atoms with E-state index in [-0.39, 0.29) is 17.1 Å². The lowest BCUT2D eigenvalue weighted by Crippen LogP contribution is -2.30. The SMILES string of the molecule is CC(=O)Nc1ccc(SC(C)C(=O)NCc2cccc(OCc3ccccc3)c2)cc1. The monoisotopic (exact) mass is 434 g/mol. The molecule has 0 aliphatic rings. The number of benzene rings is 3. The first-order chi connectivity index (χ1) is 15.0.